The minimum absolute atomic E-state index is 0.177. The predicted octanol–water partition coefficient (Wildman–Crippen LogP) is 5.90. The molecule has 36 heavy (non-hydrogen) atoms. The Balaban J connectivity index is 1.45. The molecule has 0 N–H and O–H groups in total. The number of aromatic nitrogens is 1. The van der Waals surface area contributed by atoms with E-state index in [1.54, 1.807) is 12.1 Å². The molecule has 0 aliphatic carbocycles. The van der Waals surface area contributed by atoms with Crippen LogP contribution in [0.2, 0.25) is 0 Å². The average molecular weight is 588 g/mol. The van der Waals surface area contributed by atoms with Gasteiger partial charge in [-0.25, -0.2) is 13.4 Å². The lowest BCUT2D eigenvalue weighted by molar-refractivity contribution is 0.0987. The van der Waals surface area contributed by atoms with Crippen LogP contribution in [0.1, 0.15) is 41.8 Å². The number of benzene rings is 2. The number of anilines is 1. The van der Waals surface area contributed by atoms with Gasteiger partial charge in [0, 0.05) is 23.1 Å². The number of fused-ring (bicyclic) bond motifs is 1. The van der Waals surface area contributed by atoms with Crippen molar-refractivity contribution in [3.63, 3.8) is 0 Å². The van der Waals surface area contributed by atoms with Crippen LogP contribution in [0.15, 0.2) is 79.7 Å². The normalized spacial score (nSPS) is 15.4. The molecule has 5 rings (SSSR count). The van der Waals surface area contributed by atoms with Crippen LogP contribution in [0.25, 0.3) is 10.2 Å². The van der Waals surface area contributed by atoms with Gasteiger partial charge in [-0.1, -0.05) is 40.1 Å². The fourth-order valence-electron chi connectivity index (χ4n) is 3.97. The van der Waals surface area contributed by atoms with Crippen molar-refractivity contribution in [1.29, 1.82) is 0 Å². The molecule has 1 aliphatic rings. The van der Waals surface area contributed by atoms with Crippen molar-refractivity contribution in [3.05, 3.63) is 76.7 Å². The fourth-order valence-corrected chi connectivity index (χ4v) is 6.96. The number of nitrogens with zero attached hydrogens (tertiary/aromatic N) is 4. The van der Waals surface area contributed by atoms with E-state index in [0.29, 0.717) is 29.5 Å². The van der Waals surface area contributed by atoms with Gasteiger partial charge < -0.3 is 4.42 Å². The number of sulfonamides is 1. The molecule has 2 aromatic heterocycles. The number of hydrogen-bond acceptors (Lipinski definition) is 7. The molecule has 11 heteroatoms. The van der Waals surface area contributed by atoms with Crippen molar-refractivity contribution in [2.45, 2.75) is 30.6 Å². The zero-order valence-electron chi connectivity index (χ0n) is 19.2. The summed E-state index contributed by atoms with van der Waals surface area (Å²) >= 11 is 4.79. The molecule has 1 saturated heterocycles. The van der Waals surface area contributed by atoms with E-state index < -0.39 is 15.9 Å². The SMILES string of the molecule is O=C(c1ccc(S(=O)(=O)N2CCCCCC2)cc1)N(/N=C/c1ccco1)c1nc2ccc(Br)cc2s1. The Morgan fingerprint density at radius 2 is 1.83 bits per heavy atom. The third-order valence-electron chi connectivity index (χ3n) is 5.86. The van der Waals surface area contributed by atoms with Gasteiger partial charge in [-0.3, -0.25) is 4.79 Å². The van der Waals surface area contributed by atoms with Gasteiger partial charge in [-0.05, 0) is 67.4 Å². The number of halogens is 1. The van der Waals surface area contributed by atoms with Gasteiger partial charge >= 0.3 is 0 Å². The van der Waals surface area contributed by atoms with E-state index in [4.69, 9.17) is 4.42 Å². The highest BCUT2D eigenvalue weighted by molar-refractivity contribution is 9.10. The standard InChI is InChI=1S/C25H23BrN4O4S2/c26-19-9-12-22-23(16-19)35-25(28-22)30(27-17-20-6-5-15-34-20)24(31)18-7-10-21(11-8-18)36(32,33)29-13-3-1-2-4-14-29/h5-12,15-17H,1-4,13-14H2/b27-17+. The molecule has 2 aromatic carbocycles. The number of carbonyl (C=O) groups excluding carboxylic acids is 1. The molecular weight excluding hydrogens is 564 g/mol. The fraction of sp³-hybridized carbons (Fsp3) is 0.240. The molecule has 3 heterocycles. The monoisotopic (exact) mass is 586 g/mol. The predicted molar refractivity (Wildman–Crippen MR) is 144 cm³/mol. The van der Waals surface area contributed by atoms with Crippen LogP contribution >= 0.6 is 27.3 Å². The number of furan rings is 1. The first kappa shape index (κ1) is 24.8. The zero-order valence-corrected chi connectivity index (χ0v) is 22.4. The Morgan fingerprint density at radius 1 is 1.08 bits per heavy atom. The smallest absolute Gasteiger partial charge is 0.280 e. The maximum absolute atomic E-state index is 13.5. The molecular formula is C25H23BrN4O4S2. The summed E-state index contributed by atoms with van der Waals surface area (Å²) in [7, 11) is -3.61. The quantitative estimate of drug-likeness (QED) is 0.207. The number of hydrogen-bond donors (Lipinski definition) is 0. The molecule has 1 aliphatic heterocycles. The topological polar surface area (TPSA) is 96.1 Å². The molecule has 1 amide bonds. The third kappa shape index (κ3) is 5.29. The lowest BCUT2D eigenvalue weighted by atomic mass is 10.2. The summed E-state index contributed by atoms with van der Waals surface area (Å²) < 4.78 is 34.9. The molecule has 0 bridgehead atoms. The third-order valence-corrected chi connectivity index (χ3v) is 9.26. The lowest BCUT2D eigenvalue weighted by Gasteiger charge is -2.20. The molecule has 0 atom stereocenters. The first-order valence-corrected chi connectivity index (χ1v) is 14.5. The molecule has 186 valence electrons. The first-order chi connectivity index (χ1) is 17.4. The van der Waals surface area contributed by atoms with Gasteiger partial charge in [0.1, 0.15) is 5.76 Å². The zero-order chi connectivity index (χ0) is 25.1. The van der Waals surface area contributed by atoms with E-state index in [1.807, 2.05) is 18.2 Å². The number of amides is 1. The summed E-state index contributed by atoms with van der Waals surface area (Å²) in [6.07, 6.45) is 6.76. The van der Waals surface area contributed by atoms with Crippen LogP contribution in [-0.4, -0.2) is 42.9 Å². The van der Waals surface area contributed by atoms with E-state index in [2.05, 4.69) is 26.0 Å². The van der Waals surface area contributed by atoms with E-state index >= 15 is 0 Å². The number of thiazole rings is 1. The minimum Gasteiger partial charge on any atom is -0.463 e. The molecule has 1 fully saturated rings. The van der Waals surface area contributed by atoms with E-state index in [-0.39, 0.29) is 4.90 Å². The van der Waals surface area contributed by atoms with Crippen molar-refractivity contribution in [1.82, 2.24) is 9.29 Å². The molecule has 0 spiro atoms. The Hall–Kier alpha value is -2.86. The second-order valence-electron chi connectivity index (χ2n) is 8.33. The van der Waals surface area contributed by atoms with Crippen molar-refractivity contribution in [2.75, 3.05) is 18.1 Å². The van der Waals surface area contributed by atoms with Crippen molar-refractivity contribution < 1.29 is 17.6 Å². The van der Waals surface area contributed by atoms with Crippen LogP contribution < -0.4 is 5.01 Å². The Morgan fingerprint density at radius 3 is 2.53 bits per heavy atom. The second-order valence-corrected chi connectivity index (χ2v) is 12.2. The Labute approximate surface area is 221 Å². The lowest BCUT2D eigenvalue weighted by Crippen LogP contribution is -2.32. The summed E-state index contributed by atoms with van der Waals surface area (Å²) in [6.45, 7) is 1.04. The maximum Gasteiger partial charge on any atom is 0.280 e. The minimum atomic E-state index is -3.61. The van der Waals surface area contributed by atoms with Gasteiger partial charge in [-0.15, -0.1) is 0 Å². The number of hydrazone groups is 1. The number of carbonyl (C=O) groups is 1. The van der Waals surface area contributed by atoms with Gasteiger partial charge in [0.05, 0.1) is 27.6 Å². The van der Waals surface area contributed by atoms with E-state index in [1.165, 1.54) is 57.4 Å². The first-order valence-electron chi connectivity index (χ1n) is 11.5. The van der Waals surface area contributed by atoms with Crippen LogP contribution in [-0.2, 0) is 10.0 Å². The van der Waals surface area contributed by atoms with Crippen LogP contribution in [0, 0.1) is 0 Å². The van der Waals surface area contributed by atoms with Crippen LogP contribution in [0.3, 0.4) is 0 Å². The largest absolute Gasteiger partial charge is 0.463 e. The highest BCUT2D eigenvalue weighted by Gasteiger charge is 2.26. The summed E-state index contributed by atoms with van der Waals surface area (Å²) in [5.41, 5.74) is 1.03. The van der Waals surface area contributed by atoms with Crippen molar-refractivity contribution in [2.24, 2.45) is 5.10 Å². The molecule has 4 aromatic rings. The van der Waals surface area contributed by atoms with Crippen LogP contribution in [0.4, 0.5) is 5.13 Å². The highest BCUT2D eigenvalue weighted by atomic mass is 79.9. The highest BCUT2D eigenvalue weighted by Crippen LogP contribution is 2.32. The summed E-state index contributed by atoms with van der Waals surface area (Å²) in [5, 5.41) is 5.95. The van der Waals surface area contributed by atoms with Gasteiger partial charge in [0.25, 0.3) is 5.91 Å². The van der Waals surface area contributed by atoms with Gasteiger partial charge in [0.2, 0.25) is 15.2 Å². The summed E-state index contributed by atoms with van der Waals surface area (Å²) in [5.74, 6) is 0.0465. The van der Waals surface area contributed by atoms with E-state index in [9.17, 15) is 13.2 Å². The Bertz CT molecular complexity index is 1490. The molecule has 0 saturated carbocycles. The van der Waals surface area contributed by atoms with Crippen molar-refractivity contribution in [3.8, 4) is 0 Å². The van der Waals surface area contributed by atoms with Crippen LogP contribution in [0.5, 0.6) is 0 Å². The van der Waals surface area contributed by atoms with Gasteiger partial charge in [-0.2, -0.15) is 14.4 Å². The molecule has 0 unspecified atom stereocenters. The summed E-state index contributed by atoms with van der Waals surface area (Å²) in [6, 6.07) is 15.1. The molecule has 8 nitrogen and oxygen atoms in total. The van der Waals surface area contributed by atoms with Gasteiger partial charge in [0.15, 0.2) is 0 Å². The van der Waals surface area contributed by atoms with E-state index in [0.717, 1.165) is 40.4 Å². The Kier molecular flexibility index (Phi) is 7.33. The number of rotatable bonds is 6. The summed E-state index contributed by atoms with van der Waals surface area (Å²) in [4.78, 5) is 18.3. The molecule has 0 radical (unpaired) electrons. The second kappa shape index (κ2) is 10.6. The van der Waals surface area contributed by atoms with Crippen molar-refractivity contribution >= 4 is 64.8 Å². The average Bonchev–Trinajstić information content (AvgIpc) is 3.46. The maximum atomic E-state index is 13.5.